The molecule has 0 aliphatic carbocycles. The van der Waals surface area contributed by atoms with Gasteiger partial charge in [-0.3, -0.25) is 9.59 Å². The van der Waals surface area contributed by atoms with Gasteiger partial charge in [0.15, 0.2) is 0 Å². The van der Waals surface area contributed by atoms with E-state index in [1.54, 1.807) is 4.90 Å². The number of hydrogen-bond acceptors (Lipinski definition) is 2. The molecular formula is C21H23BrN2O2. The summed E-state index contributed by atoms with van der Waals surface area (Å²) in [5, 5.41) is 3.03. The molecule has 1 aliphatic rings. The fourth-order valence-electron chi connectivity index (χ4n) is 3.37. The van der Waals surface area contributed by atoms with E-state index in [2.05, 4.69) is 35.1 Å². The number of anilines is 2. The van der Waals surface area contributed by atoms with Crippen molar-refractivity contribution in [3.8, 4) is 0 Å². The van der Waals surface area contributed by atoms with E-state index in [0.717, 1.165) is 32.5 Å². The molecular weight excluding hydrogens is 392 g/mol. The molecule has 0 saturated heterocycles. The number of nitrogens with one attached hydrogen (secondary N) is 1. The Morgan fingerprint density at radius 3 is 2.73 bits per heavy atom. The topological polar surface area (TPSA) is 49.4 Å². The number of carbonyl (C=O) groups is 2. The summed E-state index contributed by atoms with van der Waals surface area (Å²) in [6.07, 6.45) is 1.14. The van der Waals surface area contributed by atoms with Crippen LogP contribution in [0.2, 0.25) is 0 Å². The zero-order chi connectivity index (χ0) is 18.8. The summed E-state index contributed by atoms with van der Waals surface area (Å²) in [7, 11) is 0. The fourth-order valence-corrected chi connectivity index (χ4v) is 3.78. The molecule has 2 aromatic rings. The molecule has 2 amide bonds. The molecule has 0 bridgehead atoms. The van der Waals surface area contributed by atoms with Gasteiger partial charge >= 0.3 is 0 Å². The van der Waals surface area contributed by atoms with Gasteiger partial charge in [0.05, 0.1) is 0 Å². The van der Waals surface area contributed by atoms with E-state index in [-0.39, 0.29) is 18.4 Å². The molecule has 2 aromatic carbocycles. The third kappa shape index (κ3) is 3.83. The summed E-state index contributed by atoms with van der Waals surface area (Å²) in [6, 6.07) is 11.8. The van der Waals surface area contributed by atoms with Crippen LogP contribution in [0.3, 0.4) is 0 Å². The first kappa shape index (κ1) is 18.6. The van der Waals surface area contributed by atoms with Crippen LogP contribution < -0.4 is 10.2 Å². The van der Waals surface area contributed by atoms with Crippen LogP contribution in [-0.4, -0.2) is 18.4 Å². The van der Waals surface area contributed by atoms with Crippen molar-refractivity contribution in [1.29, 1.82) is 0 Å². The number of rotatable bonds is 4. The highest BCUT2D eigenvalue weighted by atomic mass is 79.9. The van der Waals surface area contributed by atoms with E-state index < -0.39 is 0 Å². The van der Waals surface area contributed by atoms with Gasteiger partial charge in [0, 0.05) is 22.3 Å². The van der Waals surface area contributed by atoms with Crippen molar-refractivity contribution in [3.05, 3.63) is 57.6 Å². The minimum atomic E-state index is -0.176. The highest BCUT2D eigenvalue weighted by Crippen LogP contribution is 2.31. The smallest absolute Gasteiger partial charge is 0.244 e. The van der Waals surface area contributed by atoms with E-state index in [1.807, 2.05) is 43.3 Å². The van der Waals surface area contributed by atoms with Crippen LogP contribution in [0.25, 0.3) is 0 Å². The van der Waals surface area contributed by atoms with Crippen molar-refractivity contribution in [2.75, 3.05) is 16.8 Å². The Kier molecular flexibility index (Phi) is 5.47. The van der Waals surface area contributed by atoms with E-state index in [1.165, 1.54) is 0 Å². The average Bonchev–Trinajstić information content (AvgIpc) is 2.59. The quantitative estimate of drug-likeness (QED) is 0.780. The molecule has 0 saturated carbocycles. The molecule has 0 fully saturated rings. The molecule has 3 rings (SSSR count). The Morgan fingerprint density at radius 1 is 1.23 bits per heavy atom. The molecule has 0 radical (unpaired) electrons. The molecule has 0 spiro atoms. The van der Waals surface area contributed by atoms with Crippen molar-refractivity contribution in [3.63, 3.8) is 0 Å². The molecule has 1 aliphatic heterocycles. The number of nitrogens with zero attached hydrogens (tertiary/aromatic N) is 1. The van der Waals surface area contributed by atoms with Crippen LogP contribution in [0.4, 0.5) is 11.4 Å². The second-order valence-corrected chi connectivity index (χ2v) is 7.91. The third-order valence-electron chi connectivity index (χ3n) is 4.73. The first-order valence-electron chi connectivity index (χ1n) is 8.85. The van der Waals surface area contributed by atoms with Crippen molar-refractivity contribution in [2.45, 2.75) is 39.5 Å². The number of amides is 2. The molecule has 136 valence electrons. The lowest BCUT2D eigenvalue weighted by atomic mass is 9.98. The number of halogens is 1. The number of hydrogen-bond donors (Lipinski definition) is 1. The number of benzene rings is 2. The molecule has 26 heavy (non-hydrogen) atoms. The summed E-state index contributed by atoms with van der Waals surface area (Å²) in [4.78, 5) is 26.7. The molecule has 1 heterocycles. The third-order valence-corrected chi connectivity index (χ3v) is 5.23. The molecule has 0 unspecified atom stereocenters. The predicted octanol–water partition coefficient (Wildman–Crippen LogP) is 4.80. The maximum atomic E-state index is 12.7. The van der Waals surface area contributed by atoms with Crippen LogP contribution in [0, 0.1) is 6.92 Å². The van der Waals surface area contributed by atoms with E-state index >= 15 is 0 Å². The summed E-state index contributed by atoms with van der Waals surface area (Å²) < 4.78 is 0.983. The van der Waals surface area contributed by atoms with Crippen molar-refractivity contribution >= 4 is 39.1 Å². The lowest BCUT2D eigenvalue weighted by Gasteiger charge is -2.29. The maximum Gasteiger partial charge on any atom is 0.244 e. The zero-order valence-corrected chi connectivity index (χ0v) is 16.9. The summed E-state index contributed by atoms with van der Waals surface area (Å²) in [5.74, 6) is 0.119. The van der Waals surface area contributed by atoms with Gasteiger partial charge in [0.1, 0.15) is 6.54 Å². The monoisotopic (exact) mass is 414 g/mol. The summed E-state index contributed by atoms with van der Waals surface area (Å²) >= 11 is 3.47. The number of para-hydroxylation sites is 1. The largest absolute Gasteiger partial charge is 0.324 e. The first-order valence-corrected chi connectivity index (χ1v) is 9.64. The second kappa shape index (κ2) is 7.62. The van der Waals surface area contributed by atoms with Gasteiger partial charge in [-0.2, -0.15) is 0 Å². The highest BCUT2D eigenvalue weighted by molar-refractivity contribution is 9.10. The van der Waals surface area contributed by atoms with Crippen LogP contribution in [0.5, 0.6) is 0 Å². The van der Waals surface area contributed by atoms with Crippen LogP contribution in [-0.2, 0) is 16.0 Å². The van der Waals surface area contributed by atoms with E-state index in [4.69, 9.17) is 0 Å². The predicted molar refractivity (Wildman–Crippen MR) is 109 cm³/mol. The highest BCUT2D eigenvalue weighted by Gasteiger charge is 2.26. The standard InChI is InChI=1S/C21H23BrN2O2/c1-13(2)17-6-4-5-14(3)21(17)23-19(25)12-24-18-9-8-16(22)11-15(18)7-10-20(24)26/h4-6,8-9,11,13H,7,10,12H2,1-3H3,(H,23,25). The SMILES string of the molecule is Cc1cccc(C(C)C)c1NC(=O)CN1C(=O)CCc2cc(Br)ccc21. The van der Waals surface area contributed by atoms with E-state index in [0.29, 0.717) is 18.8 Å². The minimum absolute atomic E-state index is 0.0103. The first-order chi connectivity index (χ1) is 12.4. The average molecular weight is 415 g/mol. The second-order valence-electron chi connectivity index (χ2n) is 6.99. The molecule has 5 heteroatoms. The van der Waals surface area contributed by atoms with Gasteiger partial charge < -0.3 is 10.2 Å². The van der Waals surface area contributed by atoms with Gasteiger partial charge in [0.25, 0.3) is 0 Å². The van der Waals surface area contributed by atoms with Gasteiger partial charge in [-0.25, -0.2) is 0 Å². The van der Waals surface area contributed by atoms with Gasteiger partial charge in [0.2, 0.25) is 11.8 Å². The fraction of sp³-hybridized carbons (Fsp3) is 0.333. The van der Waals surface area contributed by atoms with Crippen molar-refractivity contribution < 1.29 is 9.59 Å². The Bertz CT molecular complexity index is 861. The Hall–Kier alpha value is -2.14. The molecule has 1 N–H and O–H groups in total. The maximum absolute atomic E-state index is 12.7. The van der Waals surface area contributed by atoms with Crippen LogP contribution in [0.15, 0.2) is 40.9 Å². The Labute approximate surface area is 162 Å². The lowest BCUT2D eigenvalue weighted by Crippen LogP contribution is -2.41. The Morgan fingerprint density at radius 2 is 2.00 bits per heavy atom. The van der Waals surface area contributed by atoms with Gasteiger partial charge in [-0.05, 0) is 54.2 Å². The zero-order valence-electron chi connectivity index (χ0n) is 15.3. The lowest BCUT2D eigenvalue weighted by molar-refractivity contribution is -0.121. The van der Waals surface area contributed by atoms with Gasteiger partial charge in [-0.15, -0.1) is 0 Å². The molecule has 0 atom stereocenters. The number of carbonyl (C=O) groups excluding carboxylic acids is 2. The molecule has 0 aromatic heterocycles. The van der Waals surface area contributed by atoms with Crippen molar-refractivity contribution in [1.82, 2.24) is 0 Å². The van der Waals surface area contributed by atoms with Crippen LogP contribution in [0.1, 0.15) is 42.9 Å². The summed E-state index contributed by atoms with van der Waals surface area (Å²) in [5.41, 5.74) is 4.90. The minimum Gasteiger partial charge on any atom is -0.324 e. The summed E-state index contributed by atoms with van der Waals surface area (Å²) in [6.45, 7) is 6.22. The van der Waals surface area contributed by atoms with Crippen molar-refractivity contribution in [2.24, 2.45) is 0 Å². The Balaban J connectivity index is 1.83. The molecule has 4 nitrogen and oxygen atoms in total. The van der Waals surface area contributed by atoms with Crippen LogP contribution >= 0.6 is 15.9 Å². The number of aryl methyl sites for hydroxylation is 2. The van der Waals surface area contributed by atoms with E-state index in [9.17, 15) is 9.59 Å². The number of fused-ring (bicyclic) bond motifs is 1. The van der Waals surface area contributed by atoms with Gasteiger partial charge in [-0.1, -0.05) is 48.0 Å². The normalized spacial score (nSPS) is 13.7.